The third-order valence-electron chi connectivity index (χ3n) is 3.98. The molecule has 0 radical (unpaired) electrons. The van der Waals surface area contributed by atoms with Gasteiger partial charge in [-0.15, -0.1) is 0 Å². The fourth-order valence-corrected chi connectivity index (χ4v) is 2.62. The summed E-state index contributed by atoms with van der Waals surface area (Å²) in [5.41, 5.74) is 6.25. The molecule has 158 valence electrons. The Hall–Kier alpha value is -4.40. The third-order valence-corrected chi connectivity index (χ3v) is 3.98. The van der Waals surface area contributed by atoms with E-state index in [9.17, 15) is 14.4 Å². The monoisotopic (exact) mass is 419 g/mol. The number of nitrogens with one attached hydrogen (secondary N) is 4. The molecule has 0 aliphatic carbocycles. The molecule has 0 aliphatic rings. The Morgan fingerprint density at radius 2 is 1.65 bits per heavy atom. The first-order valence-corrected chi connectivity index (χ1v) is 9.38. The lowest BCUT2D eigenvalue weighted by Crippen LogP contribution is -2.44. The summed E-state index contributed by atoms with van der Waals surface area (Å²) in [7, 11) is 0. The second-order valence-corrected chi connectivity index (χ2v) is 6.41. The Bertz CT molecular complexity index is 1070. The van der Waals surface area contributed by atoms with Crippen molar-refractivity contribution in [3.8, 4) is 5.75 Å². The van der Waals surface area contributed by atoms with Gasteiger partial charge in [-0.2, -0.15) is 0 Å². The molecule has 31 heavy (non-hydrogen) atoms. The fraction of sp³-hybridized carbons (Fsp3) is 0.0909. The number of pyridine rings is 1. The second kappa shape index (κ2) is 10.4. The molecule has 9 nitrogen and oxygen atoms in total. The van der Waals surface area contributed by atoms with Crippen LogP contribution in [0, 0.1) is 0 Å². The van der Waals surface area contributed by atoms with Crippen molar-refractivity contribution in [2.45, 2.75) is 13.5 Å². The van der Waals surface area contributed by atoms with E-state index in [2.05, 4.69) is 26.5 Å². The van der Waals surface area contributed by atoms with E-state index >= 15 is 0 Å². The van der Waals surface area contributed by atoms with E-state index in [0.717, 1.165) is 5.56 Å². The van der Waals surface area contributed by atoms with Gasteiger partial charge in [-0.1, -0.05) is 30.3 Å². The predicted molar refractivity (Wildman–Crippen MR) is 115 cm³/mol. The molecule has 0 bridgehead atoms. The van der Waals surface area contributed by atoms with Crippen LogP contribution in [0.1, 0.15) is 22.8 Å². The van der Waals surface area contributed by atoms with E-state index in [-0.39, 0.29) is 18.1 Å². The molecule has 4 amide bonds. The van der Waals surface area contributed by atoms with Crippen LogP contribution in [0.3, 0.4) is 0 Å². The number of hydrogen-bond donors (Lipinski definition) is 4. The summed E-state index contributed by atoms with van der Waals surface area (Å²) in [5, 5.41) is 5.20. The quantitative estimate of drug-likeness (QED) is 0.458. The summed E-state index contributed by atoms with van der Waals surface area (Å²) in [6, 6.07) is 18.3. The maximum Gasteiger partial charge on any atom is 0.337 e. The van der Waals surface area contributed by atoms with Gasteiger partial charge in [0.25, 0.3) is 5.91 Å². The van der Waals surface area contributed by atoms with Gasteiger partial charge in [0.1, 0.15) is 18.2 Å². The van der Waals surface area contributed by atoms with Crippen LogP contribution in [0.2, 0.25) is 0 Å². The first-order valence-electron chi connectivity index (χ1n) is 9.38. The molecule has 1 aromatic heterocycles. The standard InChI is InChI=1S/C22H21N5O4/c1-15(28)24-20-13-16(11-12-23-20)14-31-19-10-6-5-9-18(19)21(29)26-27-22(30)25-17-7-3-2-4-8-17/h2-13H,14H2,1H3,(H,26,29)(H,23,24,28)(H2,25,27,30). The number of hydrazine groups is 1. The highest BCUT2D eigenvalue weighted by atomic mass is 16.5. The molecule has 0 aliphatic heterocycles. The van der Waals surface area contributed by atoms with E-state index in [0.29, 0.717) is 17.3 Å². The number of aromatic nitrogens is 1. The van der Waals surface area contributed by atoms with Crippen LogP contribution in [0.15, 0.2) is 72.9 Å². The molecular formula is C22H21N5O4. The van der Waals surface area contributed by atoms with E-state index in [1.807, 2.05) is 6.07 Å². The van der Waals surface area contributed by atoms with Crippen LogP contribution in [0.25, 0.3) is 0 Å². The van der Waals surface area contributed by atoms with Gasteiger partial charge in [0, 0.05) is 18.8 Å². The van der Waals surface area contributed by atoms with Crippen molar-refractivity contribution in [1.29, 1.82) is 0 Å². The number of urea groups is 1. The zero-order valence-electron chi connectivity index (χ0n) is 16.7. The Kier molecular flexibility index (Phi) is 7.15. The highest BCUT2D eigenvalue weighted by Crippen LogP contribution is 2.19. The van der Waals surface area contributed by atoms with E-state index in [4.69, 9.17) is 4.74 Å². The number of hydrogen-bond acceptors (Lipinski definition) is 5. The molecule has 0 unspecified atom stereocenters. The Morgan fingerprint density at radius 3 is 2.42 bits per heavy atom. The van der Waals surface area contributed by atoms with Gasteiger partial charge in [0.2, 0.25) is 5.91 Å². The lowest BCUT2D eigenvalue weighted by atomic mass is 10.2. The minimum atomic E-state index is -0.583. The topological polar surface area (TPSA) is 121 Å². The van der Waals surface area contributed by atoms with Gasteiger partial charge < -0.3 is 15.4 Å². The van der Waals surface area contributed by atoms with Gasteiger partial charge >= 0.3 is 6.03 Å². The van der Waals surface area contributed by atoms with Crippen LogP contribution >= 0.6 is 0 Å². The third kappa shape index (κ3) is 6.57. The van der Waals surface area contributed by atoms with E-state index in [1.54, 1.807) is 66.9 Å². The Labute approximate surface area is 178 Å². The van der Waals surface area contributed by atoms with Gasteiger partial charge in [0.05, 0.1) is 5.56 Å². The molecule has 9 heteroatoms. The number of amides is 4. The van der Waals surface area contributed by atoms with Gasteiger partial charge in [-0.3, -0.25) is 15.0 Å². The molecule has 2 aromatic carbocycles. The maximum atomic E-state index is 12.5. The summed E-state index contributed by atoms with van der Waals surface area (Å²) < 4.78 is 5.78. The number of carbonyl (C=O) groups is 3. The number of carbonyl (C=O) groups excluding carboxylic acids is 3. The molecule has 4 N–H and O–H groups in total. The summed E-state index contributed by atoms with van der Waals surface area (Å²) in [6.07, 6.45) is 1.55. The smallest absolute Gasteiger partial charge is 0.337 e. The van der Waals surface area contributed by atoms with Crippen LogP contribution in [-0.2, 0) is 11.4 Å². The zero-order valence-corrected chi connectivity index (χ0v) is 16.7. The fourth-order valence-electron chi connectivity index (χ4n) is 2.62. The van der Waals surface area contributed by atoms with Crippen molar-refractivity contribution >= 4 is 29.4 Å². The highest BCUT2D eigenvalue weighted by molar-refractivity contribution is 5.99. The van der Waals surface area contributed by atoms with E-state index < -0.39 is 11.9 Å². The number of para-hydroxylation sites is 2. The molecule has 0 fully saturated rings. The van der Waals surface area contributed by atoms with Crippen LogP contribution < -0.4 is 26.2 Å². The normalized spacial score (nSPS) is 9.97. The SMILES string of the molecule is CC(=O)Nc1cc(COc2ccccc2C(=O)NNC(=O)Nc2ccccc2)ccn1. The largest absolute Gasteiger partial charge is 0.488 e. The molecule has 1 heterocycles. The molecule has 0 atom stereocenters. The maximum absolute atomic E-state index is 12.5. The summed E-state index contributed by atoms with van der Waals surface area (Å²) in [6.45, 7) is 1.55. The minimum absolute atomic E-state index is 0.154. The first-order chi connectivity index (χ1) is 15.0. The van der Waals surface area contributed by atoms with Crippen LogP contribution in [0.4, 0.5) is 16.3 Å². The molecule has 0 spiro atoms. The number of nitrogens with zero attached hydrogens (tertiary/aromatic N) is 1. The average Bonchev–Trinajstić information content (AvgIpc) is 2.77. The van der Waals surface area contributed by atoms with Crippen molar-refractivity contribution in [3.63, 3.8) is 0 Å². The Morgan fingerprint density at radius 1 is 0.903 bits per heavy atom. The van der Waals surface area contributed by atoms with Gasteiger partial charge in [-0.25, -0.2) is 15.2 Å². The first kappa shape index (κ1) is 21.3. The number of anilines is 2. The number of benzene rings is 2. The van der Waals surface area contributed by atoms with Crippen molar-refractivity contribution in [2.75, 3.05) is 10.6 Å². The second-order valence-electron chi connectivity index (χ2n) is 6.41. The Balaban J connectivity index is 1.58. The molecule has 0 saturated carbocycles. The lowest BCUT2D eigenvalue weighted by Gasteiger charge is -2.13. The van der Waals surface area contributed by atoms with Crippen molar-refractivity contribution in [3.05, 3.63) is 84.1 Å². The predicted octanol–water partition coefficient (Wildman–Crippen LogP) is 3.09. The van der Waals surface area contributed by atoms with Crippen molar-refractivity contribution in [1.82, 2.24) is 15.8 Å². The highest BCUT2D eigenvalue weighted by Gasteiger charge is 2.13. The zero-order chi connectivity index (χ0) is 22.1. The summed E-state index contributed by atoms with van der Waals surface area (Å²) >= 11 is 0. The summed E-state index contributed by atoms with van der Waals surface area (Å²) in [4.78, 5) is 39.7. The average molecular weight is 419 g/mol. The van der Waals surface area contributed by atoms with Crippen molar-refractivity contribution in [2.24, 2.45) is 0 Å². The molecule has 0 saturated heterocycles. The lowest BCUT2D eigenvalue weighted by molar-refractivity contribution is -0.114. The van der Waals surface area contributed by atoms with Gasteiger partial charge in [-0.05, 0) is 42.0 Å². The van der Waals surface area contributed by atoms with E-state index in [1.165, 1.54) is 6.92 Å². The number of ether oxygens (including phenoxy) is 1. The molecule has 3 rings (SSSR count). The van der Waals surface area contributed by atoms with Crippen LogP contribution in [-0.4, -0.2) is 22.8 Å². The van der Waals surface area contributed by atoms with Crippen LogP contribution in [0.5, 0.6) is 5.75 Å². The van der Waals surface area contributed by atoms with Gasteiger partial charge in [0.15, 0.2) is 0 Å². The molecule has 3 aromatic rings. The summed E-state index contributed by atoms with van der Waals surface area (Å²) in [5.74, 6) is -0.0136. The number of rotatable bonds is 6. The molecular weight excluding hydrogens is 398 g/mol. The van der Waals surface area contributed by atoms with Crippen molar-refractivity contribution < 1.29 is 19.1 Å². The minimum Gasteiger partial charge on any atom is -0.488 e.